The summed E-state index contributed by atoms with van der Waals surface area (Å²) in [6.07, 6.45) is 0. The monoisotopic (exact) mass is 157 g/mol. The van der Waals surface area contributed by atoms with Crippen LogP contribution < -0.4 is 5.73 Å². The molecule has 0 bridgehead atoms. The molecule has 6 heteroatoms. The summed E-state index contributed by atoms with van der Waals surface area (Å²) in [6.45, 7) is 2.40. The van der Waals surface area contributed by atoms with Crippen LogP contribution in [-0.2, 0) is 6.54 Å². The minimum absolute atomic E-state index is 0.157. The Morgan fingerprint density at radius 2 is 2.45 bits per heavy atom. The number of nitrogens with two attached hydrogens (primary N) is 1. The summed E-state index contributed by atoms with van der Waals surface area (Å²) in [4.78, 5) is 1.42. The minimum Gasteiger partial charge on any atom is -0.394 e. The van der Waals surface area contributed by atoms with Crippen LogP contribution in [0.4, 0.5) is 0 Å². The van der Waals surface area contributed by atoms with Crippen molar-refractivity contribution in [3.8, 4) is 0 Å². The van der Waals surface area contributed by atoms with Gasteiger partial charge in [-0.05, 0) is 12.1 Å². The Balaban J connectivity index is 2.71. The van der Waals surface area contributed by atoms with Gasteiger partial charge in [0.15, 0.2) is 5.82 Å². The van der Waals surface area contributed by atoms with Gasteiger partial charge in [-0.15, -0.1) is 10.2 Å². The van der Waals surface area contributed by atoms with Gasteiger partial charge in [-0.2, -0.15) is 4.80 Å². The van der Waals surface area contributed by atoms with Crippen LogP contribution in [0.15, 0.2) is 0 Å². The maximum absolute atomic E-state index is 8.63. The molecular weight excluding hydrogens is 146 g/mol. The van der Waals surface area contributed by atoms with Crippen LogP contribution in [0.3, 0.4) is 0 Å². The van der Waals surface area contributed by atoms with Gasteiger partial charge in [-0.25, -0.2) is 0 Å². The second kappa shape index (κ2) is 3.40. The lowest BCUT2D eigenvalue weighted by Gasteiger charge is -1.98. The van der Waals surface area contributed by atoms with Crippen molar-refractivity contribution in [1.82, 2.24) is 20.2 Å². The zero-order valence-electron chi connectivity index (χ0n) is 6.30. The molecule has 0 aliphatic rings. The number of tetrazole rings is 1. The second-order valence-corrected chi connectivity index (χ2v) is 2.13. The molecule has 0 aliphatic heterocycles. The maximum Gasteiger partial charge on any atom is 0.193 e. The molecule has 0 aromatic carbocycles. The molecule has 0 fully saturated rings. The molecule has 3 N–H and O–H groups in total. The molecule has 62 valence electrons. The number of nitrogens with zero attached hydrogens (tertiary/aromatic N) is 4. The van der Waals surface area contributed by atoms with Crippen LogP contribution in [0, 0.1) is 0 Å². The Hall–Kier alpha value is -1.01. The second-order valence-electron chi connectivity index (χ2n) is 2.13. The summed E-state index contributed by atoms with van der Waals surface area (Å²) in [6, 6.07) is -0.518. The zero-order valence-corrected chi connectivity index (χ0v) is 6.30. The smallest absolute Gasteiger partial charge is 0.193 e. The Morgan fingerprint density at radius 1 is 1.73 bits per heavy atom. The van der Waals surface area contributed by atoms with Crippen LogP contribution in [0.1, 0.15) is 18.8 Å². The molecule has 1 aromatic rings. The third-order valence-electron chi connectivity index (χ3n) is 1.28. The summed E-state index contributed by atoms with van der Waals surface area (Å²) in [5, 5.41) is 19.9. The van der Waals surface area contributed by atoms with Crippen molar-refractivity contribution in [2.75, 3.05) is 6.61 Å². The number of aryl methyl sites for hydroxylation is 1. The highest BCUT2D eigenvalue weighted by atomic mass is 16.3. The molecule has 1 heterocycles. The molecule has 1 atom stereocenters. The SMILES string of the molecule is CCn1nnc([C@@H](N)CO)n1. The predicted molar refractivity (Wildman–Crippen MR) is 37.5 cm³/mol. The highest BCUT2D eigenvalue weighted by molar-refractivity contribution is 4.86. The van der Waals surface area contributed by atoms with E-state index in [-0.39, 0.29) is 6.61 Å². The van der Waals surface area contributed by atoms with Gasteiger partial charge in [0.2, 0.25) is 0 Å². The van der Waals surface area contributed by atoms with Crippen molar-refractivity contribution in [3.63, 3.8) is 0 Å². The molecule has 0 unspecified atom stereocenters. The quantitative estimate of drug-likeness (QED) is 0.568. The van der Waals surface area contributed by atoms with Gasteiger partial charge in [0.05, 0.1) is 19.2 Å². The largest absolute Gasteiger partial charge is 0.394 e. The van der Waals surface area contributed by atoms with Crippen molar-refractivity contribution < 1.29 is 5.11 Å². The van der Waals surface area contributed by atoms with Gasteiger partial charge >= 0.3 is 0 Å². The van der Waals surface area contributed by atoms with Crippen molar-refractivity contribution in [3.05, 3.63) is 5.82 Å². The van der Waals surface area contributed by atoms with Crippen molar-refractivity contribution in [2.24, 2.45) is 5.73 Å². The number of aromatic nitrogens is 4. The van der Waals surface area contributed by atoms with E-state index in [9.17, 15) is 0 Å². The number of rotatable bonds is 3. The molecule has 11 heavy (non-hydrogen) atoms. The zero-order chi connectivity index (χ0) is 8.27. The highest BCUT2D eigenvalue weighted by Crippen LogP contribution is 1.98. The first-order valence-corrected chi connectivity index (χ1v) is 3.42. The summed E-state index contributed by atoms with van der Waals surface area (Å²) < 4.78 is 0. The molecule has 0 spiro atoms. The van der Waals surface area contributed by atoms with Crippen molar-refractivity contribution in [1.29, 1.82) is 0 Å². The van der Waals surface area contributed by atoms with E-state index in [4.69, 9.17) is 10.8 Å². The summed E-state index contributed by atoms with van der Waals surface area (Å²) >= 11 is 0. The fraction of sp³-hybridized carbons (Fsp3) is 0.800. The van der Waals surface area contributed by atoms with Gasteiger partial charge in [0.1, 0.15) is 0 Å². The fourth-order valence-corrected chi connectivity index (χ4v) is 0.620. The van der Waals surface area contributed by atoms with Crippen molar-refractivity contribution >= 4 is 0 Å². The van der Waals surface area contributed by atoms with E-state index in [2.05, 4.69) is 15.4 Å². The molecular formula is C5H11N5O. The molecule has 0 amide bonds. The average molecular weight is 157 g/mol. The van der Waals surface area contributed by atoms with Gasteiger partial charge < -0.3 is 10.8 Å². The van der Waals surface area contributed by atoms with Crippen LogP contribution in [0.25, 0.3) is 0 Å². The standard InChI is InChI=1S/C5H11N5O/c1-2-10-8-5(7-9-10)4(6)3-11/h4,11H,2-3,6H2,1H3/t4-/m0/s1. The molecule has 0 radical (unpaired) electrons. The number of hydrogen-bond donors (Lipinski definition) is 2. The summed E-state index contributed by atoms with van der Waals surface area (Å²) in [5.41, 5.74) is 5.43. The van der Waals surface area contributed by atoms with E-state index in [0.29, 0.717) is 12.4 Å². The first-order chi connectivity index (χ1) is 5.27. The van der Waals surface area contributed by atoms with Crippen molar-refractivity contribution in [2.45, 2.75) is 19.5 Å². The van der Waals surface area contributed by atoms with Gasteiger partial charge in [-0.3, -0.25) is 0 Å². The lowest BCUT2D eigenvalue weighted by molar-refractivity contribution is 0.263. The van der Waals surface area contributed by atoms with Crippen LogP contribution in [-0.4, -0.2) is 31.9 Å². The lowest BCUT2D eigenvalue weighted by atomic mass is 10.3. The Kier molecular flexibility index (Phi) is 2.50. The van der Waals surface area contributed by atoms with E-state index in [1.807, 2.05) is 6.92 Å². The number of aliphatic hydroxyl groups is 1. The van der Waals surface area contributed by atoms with Gasteiger partial charge in [-0.1, -0.05) is 0 Å². The van der Waals surface area contributed by atoms with Gasteiger partial charge in [0.25, 0.3) is 0 Å². The van der Waals surface area contributed by atoms with E-state index >= 15 is 0 Å². The third-order valence-corrected chi connectivity index (χ3v) is 1.28. The molecule has 1 rings (SSSR count). The van der Waals surface area contributed by atoms with E-state index in [1.165, 1.54) is 4.80 Å². The average Bonchev–Trinajstić information content (AvgIpc) is 2.50. The predicted octanol–water partition coefficient (Wildman–Crippen LogP) is -1.31. The van der Waals surface area contributed by atoms with Crippen LogP contribution in [0.2, 0.25) is 0 Å². The van der Waals surface area contributed by atoms with E-state index < -0.39 is 6.04 Å². The summed E-state index contributed by atoms with van der Waals surface area (Å²) in [7, 11) is 0. The number of hydrogen-bond acceptors (Lipinski definition) is 5. The molecule has 0 aliphatic carbocycles. The van der Waals surface area contributed by atoms with E-state index in [1.54, 1.807) is 0 Å². The third kappa shape index (κ3) is 1.72. The number of aliphatic hydroxyl groups excluding tert-OH is 1. The highest BCUT2D eigenvalue weighted by Gasteiger charge is 2.09. The minimum atomic E-state index is -0.518. The normalized spacial score (nSPS) is 13.4. The molecule has 0 saturated heterocycles. The Bertz CT molecular complexity index is 222. The summed E-state index contributed by atoms with van der Waals surface area (Å²) in [5.74, 6) is 0.384. The van der Waals surface area contributed by atoms with Crippen LogP contribution >= 0.6 is 0 Å². The first-order valence-electron chi connectivity index (χ1n) is 3.42. The molecule has 0 saturated carbocycles. The van der Waals surface area contributed by atoms with Crippen LogP contribution in [0.5, 0.6) is 0 Å². The molecule has 6 nitrogen and oxygen atoms in total. The Labute approximate surface area is 64.0 Å². The van der Waals surface area contributed by atoms with E-state index in [0.717, 1.165) is 0 Å². The fourth-order valence-electron chi connectivity index (χ4n) is 0.620. The lowest BCUT2D eigenvalue weighted by Crippen LogP contribution is -2.16. The topological polar surface area (TPSA) is 89.9 Å². The van der Waals surface area contributed by atoms with Gasteiger partial charge in [0, 0.05) is 0 Å². The first kappa shape index (κ1) is 8.09. The maximum atomic E-state index is 8.63. The molecule has 1 aromatic heterocycles. The Morgan fingerprint density at radius 3 is 2.91 bits per heavy atom.